The van der Waals surface area contributed by atoms with Crippen molar-refractivity contribution in [2.75, 3.05) is 12.4 Å². The molecule has 0 fully saturated rings. The summed E-state index contributed by atoms with van der Waals surface area (Å²) in [6.07, 6.45) is 3.47. The molecule has 0 unspecified atom stereocenters. The minimum Gasteiger partial charge on any atom is -0.497 e. The Morgan fingerprint density at radius 3 is 2.64 bits per heavy atom. The Labute approximate surface area is 189 Å². The van der Waals surface area contributed by atoms with Gasteiger partial charge in [-0.05, 0) is 56.3 Å². The Hall–Kier alpha value is -4.40. The van der Waals surface area contributed by atoms with E-state index in [2.05, 4.69) is 30.4 Å². The SMILES string of the molecule is COc1ccc2nc(Nc3nccc(-c4cn(-c5cccc(F)c5)nc4C)n3)nc(C)c2c1. The Morgan fingerprint density at radius 1 is 0.939 bits per heavy atom. The number of anilines is 2. The number of nitrogens with one attached hydrogen (secondary N) is 1. The third-order valence-electron chi connectivity index (χ3n) is 5.22. The Balaban J connectivity index is 1.46. The van der Waals surface area contributed by atoms with Crippen molar-refractivity contribution < 1.29 is 9.13 Å². The molecule has 5 aromatic rings. The molecular formula is C24H20FN7O. The fourth-order valence-corrected chi connectivity index (χ4v) is 3.57. The quantitative estimate of drug-likeness (QED) is 0.420. The van der Waals surface area contributed by atoms with Gasteiger partial charge in [-0.1, -0.05) is 6.07 Å². The lowest BCUT2D eigenvalue weighted by Gasteiger charge is -2.09. The van der Waals surface area contributed by atoms with E-state index in [0.29, 0.717) is 23.3 Å². The molecule has 33 heavy (non-hydrogen) atoms. The van der Waals surface area contributed by atoms with E-state index in [9.17, 15) is 4.39 Å². The summed E-state index contributed by atoms with van der Waals surface area (Å²) < 4.78 is 20.5. The molecule has 0 saturated heterocycles. The summed E-state index contributed by atoms with van der Waals surface area (Å²) in [5, 5.41) is 8.51. The predicted molar refractivity (Wildman–Crippen MR) is 123 cm³/mol. The highest BCUT2D eigenvalue weighted by Gasteiger charge is 2.13. The van der Waals surface area contributed by atoms with Crippen molar-refractivity contribution in [2.24, 2.45) is 0 Å². The van der Waals surface area contributed by atoms with Crippen LogP contribution in [-0.2, 0) is 0 Å². The van der Waals surface area contributed by atoms with E-state index in [0.717, 1.165) is 33.6 Å². The molecule has 8 nitrogen and oxygen atoms in total. The molecule has 0 aliphatic carbocycles. The van der Waals surface area contributed by atoms with Gasteiger partial charge in [-0.2, -0.15) is 5.10 Å². The van der Waals surface area contributed by atoms with E-state index in [1.807, 2.05) is 38.2 Å². The minimum absolute atomic E-state index is 0.320. The van der Waals surface area contributed by atoms with Gasteiger partial charge in [0.15, 0.2) is 0 Å². The maximum absolute atomic E-state index is 13.6. The lowest BCUT2D eigenvalue weighted by Crippen LogP contribution is -2.03. The maximum atomic E-state index is 13.6. The third kappa shape index (κ3) is 4.08. The van der Waals surface area contributed by atoms with Crippen molar-refractivity contribution in [3.05, 3.63) is 78.1 Å². The first-order chi connectivity index (χ1) is 16.0. The number of hydrogen-bond acceptors (Lipinski definition) is 7. The van der Waals surface area contributed by atoms with Crippen molar-refractivity contribution in [3.63, 3.8) is 0 Å². The molecule has 164 valence electrons. The van der Waals surface area contributed by atoms with E-state index in [1.54, 1.807) is 36.2 Å². The van der Waals surface area contributed by atoms with Crippen LogP contribution in [0.25, 0.3) is 27.8 Å². The van der Waals surface area contributed by atoms with Crippen LogP contribution in [0.5, 0.6) is 5.75 Å². The molecule has 3 heterocycles. The third-order valence-corrected chi connectivity index (χ3v) is 5.22. The van der Waals surface area contributed by atoms with Crippen LogP contribution in [0.15, 0.2) is 60.9 Å². The highest BCUT2D eigenvalue weighted by atomic mass is 19.1. The predicted octanol–water partition coefficient (Wildman–Crippen LogP) is 4.78. The van der Waals surface area contributed by atoms with Gasteiger partial charge in [-0.15, -0.1) is 0 Å². The first kappa shape index (κ1) is 20.5. The van der Waals surface area contributed by atoms with Gasteiger partial charge >= 0.3 is 0 Å². The van der Waals surface area contributed by atoms with Crippen molar-refractivity contribution in [1.29, 1.82) is 0 Å². The Bertz CT molecular complexity index is 1480. The molecule has 3 aromatic heterocycles. The van der Waals surface area contributed by atoms with Gasteiger partial charge in [0.25, 0.3) is 0 Å². The normalized spacial score (nSPS) is 11.0. The van der Waals surface area contributed by atoms with Crippen LogP contribution in [0.4, 0.5) is 16.3 Å². The average Bonchev–Trinajstić information content (AvgIpc) is 3.21. The standard InChI is InChI=1S/C24H20FN7O/c1-14-19-12-18(33-3)7-8-21(19)29-24(27-14)30-23-26-10-9-22(28-23)20-13-32(31-15(20)2)17-6-4-5-16(25)11-17/h4-13H,1-3H3,(H,26,27,28,29,30). The van der Waals surface area contributed by atoms with Crippen LogP contribution < -0.4 is 10.1 Å². The van der Waals surface area contributed by atoms with Gasteiger partial charge in [0.05, 0.1) is 35.4 Å². The zero-order valence-electron chi connectivity index (χ0n) is 18.2. The molecule has 0 spiro atoms. The molecule has 5 rings (SSSR count). The van der Waals surface area contributed by atoms with Gasteiger partial charge in [0.1, 0.15) is 11.6 Å². The Morgan fingerprint density at radius 2 is 1.82 bits per heavy atom. The van der Waals surface area contributed by atoms with Crippen molar-refractivity contribution in [2.45, 2.75) is 13.8 Å². The number of aryl methyl sites for hydroxylation is 2. The maximum Gasteiger partial charge on any atom is 0.230 e. The zero-order valence-corrected chi connectivity index (χ0v) is 18.2. The summed E-state index contributed by atoms with van der Waals surface area (Å²) in [4.78, 5) is 18.0. The van der Waals surface area contributed by atoms with E-state index >= 15 is 0 Å². The second-order valence-electron chi connectivity index (χ2n) is 7.46. The molecule has 0 amide bonds. The number of nitrogens with zero attached hydrogens (tertiary/aromatic N) is 6. The molecule has 0 aliphatic rings. The van der Waals surface area contributed by atoms with Gasteiger partial charge in [-0.3, -0.25) is 5.32 Å². The molecule has 0 aliphatic heterocycles. The summed E-state index contributed by atoms with van der Waals surface area (Å²) in [6, 6.07) is 13.7. The molecule has 0 atom stereocenters. The van der Waals surface area contributed by atoms with E-state index < -0.39 is 0 Å². The number of methoxy groups -OCH3 is 1. The fraction of sp³-hybridized carbons (Fsp3) is 0.125. The number of fused-ring (bicyclic) bond motifs is 1. The van der Waals surface area contributed by atoms with Crippen LogP contribution in [0, 0.1) is 19.7 Å². The van der Waals surface area contributed by atoms with Crippen LogP contribution in [0.3, 0.4) is 0 Å². The topological polar surface area (TPSA) is 90.6 Å². The number of aromatic nitrogens is 6. The summed E-state index contributed by atoms with van der Waals surface area (Å²) in [5.74, 6) is 1.19. The van der Waals surface area contributed by atoms with Gasteiger partial charge < -0.3 is 4.74 Å². The Kier molecular flexibility index (Phi) is 5.14. The van der Waals surface area contributed by atoms with Crippen LogP contribution in [0.1, 0.15) is 11.4 Å². The highest BCUT2D eigenvalue weighted by Crippen LogP contribution is 2.25. The van der Waals surface area contributed by atoms with Gasteiger partial charge in [0, 0.05) is 23.3 Å². The summed E-state index contributed by atoms with van der Waals surface area (Å²) in [5.41, 5.74) is 4.48. The lowest BCUT2D eigenvalue weighted by atomic mass is 10.2. The van der Waals surface area contributed by atoms with Gasteiger partial charge in [0.2, 0.25) is 11.9 Å². The molecule has 0 saturated carbocycles. The fourth-order valence-electron chi connectivity index (χ4n) is 3.57. The summed E-state index contributed by atoms with van der Waals surface area (Å²) in [7, 11) is 1.63. The van der Waals surface area contributed by atoms with Crippen molar-refractivity contribution >= 4 is 22.8 Å². The number of halogens is 1. The molecule has 2 aromatic carbocycles. The molecular weight excluding hydrogens is 421 g/mol. The van der Waals surface area contributed by atoms with Crippen molar-refractivity contribution in [1.82, 2.24) is 29.7 Å². The lowest BCUT2D eigenvalue weighted by molar-refractivity contribution is 0.415. The van der Waals surface area contributed by atoms with Gasteiger partial charge in [-0.25, -0.2) is 29.0 Å². The monoisotopic (exact) mass is 441 g/mol. The number of hydrogen-bond donors (Lipinski definition) is 1. The minimum atomic E-state index is -0.320. The van der Waals surface area contributed by atoms with E-state index in [-0.39, 0.29) is 5.82 Å². The number of ether oxygens (including phenoxy) is 1. The smallest absolute Gasteiger partial charge is 0.230 e. The molecule has 1 N–H and O–H groups in total. The van der Waals surface area contributed by atoms with Crippen LogP contribution >= 0.6 is 0 Å². The van der Waals surface area contributed by atoms with Crippen molar-refractivity contribution in [3.8, 4) is 22.7 Å². The summed E-state index contributed by atoms with van der Waals surface area (Å²) in [6.45, 7) is 3.79. The second-order valence-corrected chi connectivity index (χ2v) is 7.46. The average molecular weight is 441 g/mol. The first-order valence-corrected chi connectivity index (χ1v) is 10.3. The number of rotatable bonds is 5. The molecule has 0 radical (unpaired) electrons. The molecule has 0 bridgehead atoms. The zero-order chi connectivity index (χ0) is 22.9. The number of benzene rings is 2. The summed E-state index contributed by atoms with van der Waals surface area (Å²) >= 11 is 0. The second kappa shape index (κ2) is 8.27. The molecule has 9 heteroatoms. The first-order valence-electron chi connectivity index (χ1n) is 10.3. The highest BCUT2D eigenvalue weighted by molar-refractivity contribution is 5.83. The largest absolute Gasteiger partial charge is 0.497 e. The van der Waals surface area contributed by atoms with E-state index in [1.165, 1.54) is 12.1 Å². The van der Waals surface area contributed by atoms with E-state index in [4.69, 9.17) is 4.74 Å². The van der Waals surface area contributed by atoms with Crippen LogP contribution in [-0.4, -0.2) is 36.8 Å². The van der Waals surface area contributed by atoms with Crippen LogP contribution in [0.2, 0.25) is 0 Å².